The van der Waals surface area contributed by atoms with Crippen LogP contribution in [0.4, 0.5) is 8.78 Å². The predicted molar refractivity (Wildman–Crippen MR) is 80.0 cm³/mol. The molecule has 2 aromatic carbocycles. The normalized spacial score (nSPS) is 14.0. The maximum Gasteiger partial charge on any atom is 0.143 e. The lowest BCUT2D eigenvalue weighted by Crippen LogP contribution is -2.23. The van der Waals surface area contributed by atoms with E-state index in [0.717, 1.165) is 5.56 Å². The van der Waals surface area contributed by atoms with Gasteiger partial charge in [0.2, 0.25) is 0 Å². The van der Waals surface area contributed by atoms with Crippen molar-refractivity contribution in [1.29, 1.82) is 0 Å². The molecule has 0 aliphatic heterocycles. The van der Waals surface area contributed by atoms with E-state index in [2.05, 4.69) is 15.9 Å². The Hall–Kier alpha value is -1.30. The highest BCUT2D eigenvalue weighted by atomic mass is 79.9. The molecule has 5 heteroatoms. The van der Waals surface area contributed by atoms with Crippen LogP contribution in [0.2, 0.25) is 0 Å². The third kappa shape index (κ3) is 3.67. The monoisotopic (exact) mass is 356 g/mol. The van der Waals surface area contributed by atoms with Gasteiger partial charge >= 0.3 is 0 Å². The molecule has 0 aliphatic rings. The fourth-order valence-corrected chi connectivity index (χ4v) is 2.60. The molecule has 0 saturated carbocycles. The summed E-state index contributed by atoms with van der Waals surface area (Å²) in [7, 11) is 1.45. The maximum absolute atomic E-state index is 14.0. The van der Waals surface area contributed by atoms with Crippen molar-refractivity contribution in [1.82, 2.24) is 0 Å². The predicted octanol–water partition coefficient (Wildman–Crippen LogP) is 4.02. The van der Waals surface area contributed by atoms with Crippen LogP contribution >= 0.6 is 15.9 Å². The van der Waals surface area contributed by atoms with Gasteiger partial charge in [0.05, 0.1) is 10.6 Å². The standard InChI is InChI=1S/C16H15BrF2O2/c1-21-16(10-5-3-2-4-6-10)14(20)9-11-13(18)8-7-12(17)15(11)19/h2-8,14,16,20H,9H2,1H3. The summed E-state index contributed by atoms with van der Waals surface area (Å²) in [4.78, 5) is 0. The first-order valence-corrected chi connectivity index (χ1v) is 7.22. The Morgan fingerprint density at radius 2 is 1.81 bits per heavy atom. The molecule has 0 spiro atoms. The molecule has 112 valence electrons. The van der Waals surface area contributed by atoms with Crippen molar-refractivity contribution in [3.63, 3.8) is 0 Å². The van der Waals surface area contributed by atoms with Gasteiger partial charge in [-0.1, -0.05) is 30.3 Å². The number of hydrogen-bond donors (Lipinski definition) is 1. The molecule has 0 radical (unpaired) electrons. The first-order chi connectivity index (χ1) is 10.0. The highest BCUT2D eigenvalue weighted by molar-refractivity contribution is 9.10. The average Bonchev–Trinajstić information content (AvgIpc) is 2.49. The van der Waals surface area contributed by atoms with Gasteiger partial charge in [0.15, 0.2) is 0 Å². The zero-order chi connectivity index (χ0) is 15.4. The van der Waals surface area contributed by atoms with E-state index in [-0.39, 0.29) is 16.5 Å². The number of benzene rings is 2. The molecule has 0 heterocycles. The second kappa shape index (κ2) is 7.11. The first-order valence-electron chi connectivity index (χ1n) is 6.42. The van der Waals surface area contributed by atoms with Crippen LogP contribution in [0.3, 0.4) is 0 Å². The van der Waals surface area contributed by atoms with Crippen molar-refractivity contribution in [2.24, 2.45) is 0 Å². The Bertz CT molecular complexity index is 605. The van der Waals surface area contributed by atoms with Crippen molar-refractivity contribution in [3.8, 4) is 0 Å². The Morgan fingerprint density at radius 3 is 2.43 bits per heavy atom. The zero-order valence-electron chi connectivity index (χ0n) is 11.4. The van der Waals surface area contributed by atoms with Crippen LogP contribution in [0.25, 0.3) is 0 Å². The molecule has 0 bridgehead atoms. The van der Waals surface area contributed by atoms with Crippen LogP contribution in [0.15, 0.2) is 46.9 Å². The number of hydrogen-bond acceptors (Lipinski definition) is 2. The third-order valence-corrected chi connectivity index (χ3v) is 3.90. The van der Waals surface area contributed by atoms with Gasteiger partial charge in [0, 0.05) is 19.1 Å². The number of aliphatic hydroxyl groups is 1. The quantitative estimate of drug-likeness (QED) is 0.820. The summed E-state index contributed by atoms with van der Waals surface area (Å²) in [5, 5.41) is 10.3. The highest BCUT2D eigenvalue weighted by Crippen LogP contribution is 2.27. The van der Waals surface area contributed by atoms with Gasteiger partial charge < -0.3 is 9.84 Å². The molecule has 2 rings (SSSR count). The molecule has 0 saturated heterocycles. The summed E-state index contributed by atoms with van der Waals surface area (Å²) in [6.45, 7) is 0. The summed E-state index contributed by atoms with van der Waals surface area (Å²) in [6, 6.07) is 11.5. The SMILES string of the molecule is COC(c1ccccc1)C(O)Cc1c(F)ccc(Br)c1F. The largest absolute Gasteiger partial charge is 0.390 e. The summed E-state index contributed by atoms with van der Waals surface area (Å²) in [6.07, 6.45) is -1.88. The van der Waals surface area contributed by atoms with Crippen LogP contribution in [0.1, 0.15) is 17.2 Å². The van der Waals surface area contributed by atoms with Crippen molar-refractivity contribution >= 4 is 15.9 Å². The van der Waals surface area contributed by atoms with Crippen LogP contribution in [0.5, 0.6) is 0 Å². The molecule has 1 N–H and O–H groups in total. The van der Waals surface area contributed by atoms with E-state index in [1.54, 1.807) is 12.1 Å². The van der Waals surface area contributed by atoms with Crippen molar-refractivity contribution in [3.05, 3.63) is 69.7 Å². The third-order valence-electron chi connectivity index (χ3n) is 3.28. The number of ether oxygens (including phenoxy) is 1. The van der Waals surface area contributed by atoms with Crippen molar-refractivity contribution in [2.75, 3.05) is 7.11 Å². The molecular formula is C16H15BrF2O2. The number of aliphatic hydroxyl groups excluding tert-OH is 1. The lowest BCUT2D eigenvalue weighted by Gasteiger charge is -2.22. The summed E-state index contributed by atoms with van der Waals surface area (Å²) >= 11 is 3.01. The minimum Gasteiger partial charge on any atom is -0.390 e. The maximum atomic E-state index is 14.0. The van der Waals surface area contributed by atoms with E-state index in [4.69, 9.17) is 4.74 Å². The lowest BCUT2D eigenvalue weighted by atomic mass is 9.98. The number of methoxy groups -OCH3 is 1. The second-order valence-electron chi connectivity index (χ2n) is 4.66. The topological polar surface area (TPSA) is 29.5 Å². The Morgan fingerprint density at radius 1 is 1.14 bits per heavy atom. The van der Waals surface area contributed by atoms with E-state index in [0.29, 0.717) is 0 Å². The van der Waals surface area contributed by atoms with Crippen molar-refractivity contribution in [2.45, 2.75) is 18.6 Å². The fraction of sp³-hybridized carbons (Fsp3) is 0.250. The van der Waals surface area contributed by atoms with Gasteiger partial charge in [0.1, 0.15) is 17.7 Å². The zero-order valence-corrected chi connectivity index (χ0v) is 13.0. The molecule has 2 atom stereocenters. The minimum atomic E-state index is -1.06. The van der Waals surface area contributed by atoms with Gasteiger partial charge in [0.25, 0.3) is 0 Å². The smallest absolute Gasteiger partial charge is 0.143 e. The Kier molecular flexibility index (Phi) is 5.45. The van der Waals surface area contributed by atoms with Gasteiger partial charge in [-0.15, -0.1) is 0 Å². The fourth-order valence-electron chi connectivity index (χ4n) is 2.23. The molecule has 0 aliphatic carbocycles. The van der Waals surface area contributed by atoms with Gasteiger partial charge in [-0.2, -0.15) is 0 Å². The Balaban J connectivity index is 2.25. The van der Waals surface area contributed by atoms with E-state index >= 15 is 0 Å². The number of rotatable bonds is 5. The molecule has 2 nitrogen and oxygen atoms in total. The van der Waals surface area contributed by atoms with Crippen LogP contribution in [0, 0.1) is 11.6 Å². The van der Waals surface area contributed by atoms with Gasteiger partial charge in [-0.3, -0.25) is 0 Å². The molecule has 0 amide bonds. The van der Waals surface area contributed by atoms with Crippen LogP contribution in [-0.2, 0) is 11.2 Å². The Labute approximate surface area is 130 Å². The van der Waals surface area contributed by atoms with E-state index < -0.39 is 23.8 Å². The summed E-state index contributed by atoms with van der Waals surface area (Å²) in [5.41, 5.74) is 0.596. The van der Waals surface area contributed by atoms with Crippen molar-refractivity contribution < 1.29 is 18.6 Å². The van der Waals surface area contributed by atoms with Crippen LogP contribution < -0.4 is 0 Å². The lowest BCUT2D eigenvalue weighted by molar-refractivity contribution is -0.0135. The van der Waals surface area contributed by atoms with E-state index in [1.807, 2.05) is 18.2 Å². The van der Waals surface area contributed by atoms with Gasteiger partial charge in [-0.25, -0.2) is 8.78 Å². The van der Waals surface area contributed by atoms with Crippen LogP contribution in [-0.4, -0.2) is 18.3 Å². The molecule has 0 fully saturated rings. The molecule has 2 unspecified atom stereocenters. The average molecular weight is 357 g/mol. The molecular weight excluding hydrogens is 342 g/mol. The summed E-state index contributed by atoms with van der Waals surface area (Å²) in [5.74, 6) is -1.38. The van der Waals surface area contributed by atoms with E-state index in [1.165, 1.54) is 19.2 Å². The first kappa shape index (κ1) is 16.1. The molecule has 21 heavy (non-hydrogen) atoms. The van der Waals surface area contributed by atoms with E-state index in [9.17, 15) is 13.9 Å². The number of halogens is 3. The summed E-state index contributed by atoms with van der Waals surface area (Å²) < 4.78 is 33.1. The molecule has 0 aromatic heterocycles. The molecule has 2 aromatic rings. The second-order valence-corrected chi connectivity index (χ2v) is 5.51. The highest BCUT2D eigenvalue weighted by Gasteiger charge is 2.24. The van der Waals surface area contributed by atoms with Gasteiger partial charge in [-0.05, 0) is 33.6 Å². The minimum absolute atomic E-state index is 0.158.